The van der Waals surface area contributed by atoms with Crippen molar-refractivity contribution in [2.75, 3.05) is 13.2 Å². The lowest BCUT2D eigenvalue weighted by atomic mass is 10.1. The van der Waals surface area contributed by atoms with Gasteiger partial charge in [-0.05, 0) is 39.0 Å². The molecule has 1 atom stereocenters. The van der Waals surface area contributed by atoms with E-state index in [0.717, 1.165) is 16.5 Å². The summed E-state index contributed by atoms with van der Waals surface area (Å²) in [6.45, 7) is 6.69. The first kappa shape index (κ1) is 14.1. The lowest BCUT2D eigenvalue weighted by Gasteiger charge is -2.20. The third kappa shape index (κ3) is 3.15. The Bertz CT molecular complexity index is 526. The Morgan fingerprint density at radius 1 is 1.16 bits per heavy atom. The molecule has 4 nitrogen and oxygen atoms in total. The number of fused-ring (bicyclic) bond motifs is 1. The van der Waals surface area contributed by atoms with Crippen molar-refractivity contribution in [3.05, 3.63) is 35.6 Å². The van der Waals surface area contributed by atoms with Gasteiger partial charge in [0.1, 0.15) is 11.3 Å². The van der Waals surface area contributed by atoms with E-state index < -0.39 is 12.4 Å². The van der Waals surface area contributed by atoms with Gasteiger partial charge >= 0.3 is 0 Å². The van der Waals surface area contributed by atoms with Gasteiger partial charge in [-0.25, -0.2) is 0 Å². The van der Waals surface area contributed by atoms with Gasteiger partial charge < -0.3 is 19.0 Å². The Labute approximate surface area is 112 Å². The first-order chi connectivity index (χ1) is 9.15. The normalized spacial score (nSPS) is 13.3. The molecule has 104 valence electrons. The summed E-state index contributed by atoms with van der Waals surface area (Å²) in [5.41, 5.74) is 1.91. The fourth-order valence-electron chi connectivity index (χ4n) is 2.02. The van der Waals surface area contributed by atoms with Crippen LogP contribution in [0.1, 0.15) is 31.3 Å². The minimum atomic E-state index is -0.924. The van der Waals surface area contributed by atoms with Crippen molar-refractivity contribution in [2.45, 2.75) is 33.2 Å². The van der Waals surface area contributed by atoms with E-state index in [9.17, 15) is 5.11 Å². The van der Waals surface area contributed by atoms with Gasteiger partial charge in [-0.1, -0.05) is 11.6 Å². The van der Waals surface area contributed by atoms with E-state index in [0.29, 0.717) is 19.0 Å². The van der Waals surface area contributed by atoms with Crippen LogP contribution in [0.5, 0.6) is 0 Å². The summed E-state index contributed by atoms with van der Waals surface area (Å²) >= 11 is 0. The molecule has 0 aliphatic carbocycles. The SMILES string of the molecule is CCOC(OCC)C(O)c1cc2cc(C)ccc2o1. The summed E-state index contributed by atoms with van der Waals surface area (Å²) in [6.07, 6.45) is -1.62. The maximum atomic E-state index is 10.3. The van der Waals surface area contributed by atoms with Crippen LogP contribution in [0.15, 0.2) is 28.7 Å². The van der Waals surface area contributed by atoms with Crippen molar-refractivity contribution in [1.82, 2.24) is 0 Å². The minimum absolute atomic E-state index is 0.465. The van der Waals surface area contributed by atoms with Gasteiger partial charge in [0, 0.05) is 18.6 Å². The monoisotopic (exact) mass is 264 g/mol. The van der Waals surface area contributed by atoms with E-state index in [4.69, 9.17) is 13.9 Å². The predicted octanol–water partition coefficient (Wildman–Crippen LogP) is 3.17. The Hall–Kier alpha value is -1.36. The average molecular weight is 264 g/mol. The maximum Gasteiger partial charge on any atom is 0.190 e. The third-order valence-corrected chi connectivity index (χ3v) is 2.90. The fraction of sp³-hybridized carbons (Fsp3) is 0.467. The van der Waals surface area contributed by atoms with Crippen LogP contribution in [0.2, 0.25) is 0 Å². The molecule has 0 aliphatic heterocycles. The number of aryl methyl sites for hydroxylation is 1. The van der Waals surface area contributed by atoms with E-state index in [1.54, 1.807) is 0 Å². The molecule has 1 aromatic carbocycles. The van der Waals surface area contributed by atoms with Crippen molar-refractivity contribution < 1.29 is 19.0 Å². The highest BCUT2D eigenvalue weighted by Gasteiger charge is 2.25. The fourth-order valence-corrected chi connectivity index (χ4v) is 2.02. The molecule has 0 fully saturated rings. The number of benzene rings is 1. The molecule has 0 saturated heterocycles. The van der Waals surface area contributed by atoms with Crippen LogP contribution in [-0.4, -0.2) is 24.6 Å². The molecule has 0 spiro atoms. The molecule has 1 unspecified atom stereocenters. The number of ether oxygens (including phenoxy) is 2. The number of hydrogen-bond donors (Lipinski definition) is 1. The molecular formula is C15H20O4. The van der Waals surface area contributed by atoms with E-state index in [2.05, 4.69) is 0 Å². The molecule has 0 bridgehead atoms. The maximum absolute atomic E-state index is 10.3. The van der Waals surface area contributed by atoms with Gasteiger partial charge in [0.25, 0.3) is 0 Å². The Kier molecular flexibility index (Phi) is 4.58. The standard InChI is InChI=1S/C15H20O4/c1-4-17-15(18-5-2)14(16)13-9-11-8-10(3)6-7-12(11)19-13/h6-9,14-16H,4-5H2,1-3H3. The Balaban J connectivity index is 2.26. The van der Waals surface area contributed by atoms with Gasteiger partial charge in [-0.15, -0.1) is 0 Å². The second kappa shape index (κ2) is 6.19. The Morgan fingerprint density at radius 3 is 2.47 bits per heavy atom. The van der Waals surface area contributed by atoms with E-state index in [-0.39, 0.29) is 0 Å². The lowest BCUT2D eigenvalue weighted by Crippen LogP contribution is -2.25. The van der Waals surface area contributed by atoms with Gasteiger partial charge in [0.15, 0.2) is 12.4 Å². The molecule has 2 rings (SSSR count). The number of aliphatic hydroxyl groups excluding tert-OH is 1. The molecular weight excluding hydrogens is 244 g/mol. The number of aliphatic hydroxyl groups is 1. The van der Waals surface area contributed by atoms with Gasteiger partial charge in [0.2, 0.25) is 0 Å². The quantitative estimate of drug-likeness (QED) is 0.814. The molecule has 0 radical (unpaired) electrons. The first-order valence-electron chi connectivity index (χ1n) is 6.57. The second-order valence-corrected chi connectivity index (χ2v) is 4.41. The summed E-state index contributed by atoms with van der Waals surface area (Å²) in [4.78, 5) is 0. The zero-order valence-electron chi connectivity index (χ0n) is 11.6. The second-order valence-electron chi connectivity index (χ2n) is 4.41. The van der Waals surface area contributed by atoms with Crippen molar-refractivity contribution in [3.63, 3.8) is 0 Å². The predicted molar refractivity (Wildman–Crippen MR) is 73.0 cm³/mol. The summed E-state index contributed by atoms with van der Waals surface area (Å²) in [5.74, 6) is 0.465. The van der Waals surface area contributed by atoms with Gasteiger partial charge in [-0.2, -0.15) is 0 Å². The third-order valence-electron chi connectivity index (χ3n) is 2.90. The van der Waals surface area contributed by atoms with E-state index >= 15 is 0 Å². The van der Waals surface area contributed by atoms with Crippen molar-refractivity contribution in [1.29, 1.82) is 0 Å². The molecule has 2 aromatic rings. The summed E-state index contributed by atoms with van der Waals surface area (Å²) < 4.78 is 16.4. The average Bonchev–Trinajstić information content (AvgIpc) is 2.80. The highest BCUT2D eigenvalue weighted by Crippen LogP contribution is 2.28. The van der Waals surface area contributed by atoms with Crippen molar-refractivity contribution >= 4 is 11.0 Å². The Morgan fingerprint density at radius 2 is 1.84 bits per heavy atom. The number of hydrogen-bond acceptors (Lipinski definition) is 4. The van der Waals surface area contributed by atoms with Crippen LogP contribution >= 0.6 is 0 Å². The zero-order valence-corrected chi connectivity index (χ0v) is 11.6. The molecule has 19 heavy (non-hydrogen) atoms. The van der Waals surface area contributed by atoms with Crippen LogP contribution < -0.4 is 0 Å². The lowest BCUT2D eigenvalue weighted by molar-refractivity contribution is -0.195. The van der Waals surface area contributed by atoms with Crippen LogP contribution in [-0.2, 0) is 9.47 Å². The smallest absolute Gasteiger partial charge is 0.190 e. The summed E-state index contributed by atoms with van der Waals surface area (Å²) in [5, 5.41) is 11.2. The molecule has 1 heterocycles. The summed E-state index contributed by atoms with van der Waals surface area (Å²) in [6, 6.07) is 7.73. The van der Waals surface area contributed by atoms with Crippen LogP contribution in [0, 0.1) is 6.92 Å². The highest BCUT2D eigenvalue weighted by molar-refractivity contribution is 5.78. The van der Waals surface area contributed by atoms with Crippen LogP contribution in [0.4, 0.5) is 0 Å². The summed E-state index contributed by atoms with van der Waals surface area (Å²) in [7, 11) is 0. The van der Waals surface area contributed by atoms with E-state index in [1.807, 2.05) is 45.0 Å². The van der Waals surface area contributed by atoms with Crippen LogP contribution in [0.25, 0.3) is 11.0 Å². The molecule has 0 amide bonds. The van der Waals surface area contributed by atoms with E-state index in [1.165, 1.54) is 0 Å². The molecule has 1 aromatic heterocycles. The molecule has 0 saturated carbocycles. The molecule has 1 N–H and O–H groups in total. The first-order valence-corrected chi connectivity index (χ1v) is 6.57. The zero-order chi connectivity index (χ0) is 13.8. The van der Waals surface area contributed by atoms with Gasteiger partial charge in [-0.3, -0.25) is 0 Å². The van der Waals surface area contributed by atoms with Crippen molar-refractivity contribution in [2.24, 2.45) is 0 Å². The topological polar surface area (TPSA) is 51.8 Å². The van der Waals surface area contributed by atoms with Gasteiger partial charge in [0.05, 0.1) is 0 Å². The number of furan rings is 1. The van der Waals surface area contributed by atoms with Crippen molar-refractivity contribution in [3.8, 4) is 0 Å². The molecule has 4 heteroatoms. The van der Waals surface area contributed by atoms with Crippen LogP contribution in [0.3, 0.4) is 0 Å². The highest BCUT2D eigenvalue weighted by atomic mass is 16.7. The largest absolute Gasteiger partial charge is 0.458 e. The molecule has 0 aliphatic rings. The number of rotatable bonds is 6. The minimum Gasteiger partial charge on any atom is -0.458 e.